The van der Waals surface area contributed by atoms with Crippen LogP contribution in [0.2, 0.25) is 0 Å². The molecule has 2 rings (SSSR count). The summed E-state index contributed by atoms with van der Waals surface area (Å²) in [5.41, 5.74) is 0. The molecule has 92 valence electrons. The zero-order chi connectivity index (χ0) is 11.5. The number of hydrogen-bond acceptors (Lipinski definition) is 4. The van der Waals surface area contributed by atoms with E-state index in [1.807, 2.05) is 11.8 Å². The van der Waals surface area contributed by atoms with Crippen molar-refractivity contribution in [2.75, 3.05) is 32.8 Å². The molecular weight excluding hydrogens is 208 g/mol. The highest BCUT2D eigenvalue weighted by Crippen LogP contribution is 2.16. The van der Waals surface area contributed by atoms with Crippen LogP contribution in [0.1, 0.15) is 13.3 Å². The summed E-state index contributed by atoms with van der Waals surface area (Å²) in [4.78, 5) is 13.9. The SMILES string of the molecule is CC1COC(CO)CN1C(=O)CC1CNC1. The second kappa shape index (κ2) is 5.12. The molecule has 0 aliphatic carbocycles. The van der Waals surface area contributed by atoms with E-state index in [-0.39, 0.29) is 24.7 Å². The lowest BCUT2D eigenvalue weighted by atomic mass is 9.98. The minimum Gasteiger partial charge on any atom is -0.394 e. The number of carbonyl (C=O) groups excluding carboxylic acids is 1. The number of aliphatic hydroxyl groups excluding tert-OH is 1. The van der Waals surface area contributed by atoms with E-state index >= 15 is 0 Å². The number of aliphatic hydroxyl groups is 1. The molecule has 0 aromatic heterocycles. The maximum atomic E-state index is 12.0. The molecule has 2 N–H and O–H groups in total. The van der Waals surface area contributed by atoms with Gasteiger partial charge in [-0.25, -0.2) is 0 Å². The maximum absolute atomic E-state index is 12.0. The molecular formula is C11H20N2O3. The second-order valence-corrected chi connectivity index (χ2v) is 4.76. The number of morpholine rings is 1. The second-order valence-electron chi connectivity index (χ2n) is 4.76. The molecule has 2 aliphatic rings. The molecule has 0 radical (unpaired) electrons. The fourth-order valence-electron chi connectivity index (χ4n) is 2.13. The van der Waals surface area contributed by atoms with Crippen molar-refractivity contribution in [1.29, 1.82) is 0 Å². The molecule has 2 saturated heterocycles. The van der Waals surface area contributed by atoms with Gasteiger partial charge in [0.1, 0.15) is 0 Å². The molecule has 0 aromatic rings. The maximum Gasteiger partial charge on any atom is 0.223 e. The van der Waals surface area contributed by atoms with Gasteiger partial charge in [-0.15, -0.1) is 0 Å². The van der Waals surface area contributed by atoms with Crippen molar-refractivity contribution in [3.05, 3.63) is 0 Å². The van der Waals surface area contributed by atoms with Gasteiger partial charge in [-0.3, -0.25) is 4.79 Å². The Bertz CT molecular complexity index is 256. The van der Waals surface area contributed by atoms with E-state index in [4.69, 9.17) is 9.84 Å². The number of nitrogens with zero attached hydrogens (tertiary/aromatic N) is 1. The Kier molecular flexibility index (Phi) is 3.78. The first-order valence-corrected chi connectivity index (χ1v) is 5.93. The summed E-state index contributed by atoms with van der Waals surface area (Å²) >= 11 is 0. The van der Waals surface area contributed by atoms with Crippen molar-refractivity contribution in [2.24, 2.45) is 5.92 Å². The molecule has 16 heavy (non-hydrogen) atoms. The molecule has 2 unspecified atom stereocenters. The van der Waals surface area contributed by atoms with Crippen molar-refractivity contribution in [3.8, 4) is 0 Å². The molecule has 2 aliphatic heterocycles. The number of carbonyl (C=O) groups is 1. The highest BCUT2D eigenvalue weighted by Gasteiger charge is 2.31. The lowest BCUT2D eigenvalue weighted by molar-refractivity contribution is -0.147. The average Bonchev–Trinajstić information content (AvgIpc) is 2.24. The van der Waals surface area contributed by atoms with Crippen molar-refractivity contribution in [2.45, 2.75) is 25.5 Å². The van der Waals surface area contributed by atoms with Crippen LogP contribution in [0, 0.1) is 5.92 Å². The van der Waals surface area contributed by atoms with Crippen LogP contribution in [0.15, 0.2) is 0 Å². The van der Waals surface area contributed by atoms with Gasteiger partial charge in [-0.1, -0.05) is 0 Å². The van der Waals surface area contributed by atoms with Gasteiger partial charge >= 0.3 is 0 Å². The fraction of sp³-hybridized carbons (Fsp3) is 0.909. The third kappa shape index (κ3) is 2.53. The lowest BCUT2D eigenvalue weighted by Crippen LogP contribution is -2.53. The van der Waals surface area contributed by atoms with Crippen LogP contribution in [0.25, 0.3) is 0 Å². The first-order valence-electron chi connectivity index (χ1n) is 5.93. The predicted octanol–water partition coefficient (Wildman–Crippen LogP) is -0.796. The molecule has 2 atom stereocenters. The van der Waals surface area contributed by atoms with Gasteiger partial charge in [-0.2, -0.15) is 0 Å². The highest BCUT2D eigenvalue weighted by atomic mass is 16.5. The standard InChI is InChI=1S/C11H20N2O3/c1-8-7-16-10(6-14)5-13(8)11(15)2-9-3-12-4-9/h8-10,12,14H,2-7H2,1H3. The van der Waals surface area contributed by atoms with Gasteiger partial charge in [0.15, 0.2) is 0 Å². The first kappa shape index (κ1) is 11.8. The smallest absolute Gasteiger partial charge is 0.223 e. The van der Waals surface area contributed by atoms with Gasteiger partial charge < -0.3 is 20.1 Å². The number of amides is 1. The number of hydrogen-bond donors (Lipinski definition) is 2. The Morgan fingerprint density at radius 1 is 1.56 bits per heavy atom. The van der Waals surface area contributed by atoms with Crippen LogP contribution in [-0.2, 0) is 9.53 Å². The summed E-state index contributed by atoms with van der Waals surface area (Å²) in [6, 6.07) is 0.128. The van der Waals surface area contributed by atoms with Crippen LogP contribution >= 0.6 is 0 Å². The molecule has 5 heteroatoms. The van der Waals surface area contributed by atoms with Crippen LogP contribution in [-0.4, -0.2) is 60.9 Å². The van der Waals surface area contributed by atoms with Crippen LogP contribution < -0.4 is 5.32 Å². The number of nitrogens with one attached hydrogen (secondary N) is 1. The average molecular weight is 228 g/mol. The van der Waals surface area contributed by atoms with E-state index in [0.29, 0.717) is 25.5 Å². The van der Waals surface area contributed by atoms with Gasteiger partial charge in [0.05, 0.1) is 25.4 Å². The fourth-order valence-corrected chi connectivity index (χ4v) is 2.13. The normalized spacial score (nSPS) is 31.2. The van der Waals surface area contributed by atoms with Gasteiger partial charge in [0, 0.05) is 13.0 Å². The molecule has 1 amide bonds. The van der Waals surface area contributed by atoms with E-state index in [2.05, 4.69) is 5.32 Å². The Morgan fingerprint density at radius 3 is 2.88 bits per heavy atom. The molecule has 0 spiro atoms. The first-order chi connectivity index (χ1) is 7.70. The van der Waals surface area contributed by atoms with Gasteiger partial charge in [0.2, 0.25) is 5.91 Å². The summed E-state index contributed by atoms with van der Waals surface area (Å²) in [5.74, 6) is 0.691. The Morgan fingerprint density at radius 2 is 2.31 bits per heavy atom. The van der Waals surface area contributed by atoms with Crippen molar-refractivity contribution in [3.63, 3.8) is 0 Å². The Labute approximate surface area is 95.8 Å². The van der Waals surface area contributed by atoms with E-state index in [9.17, 15) is 4.79 Å². The third-order valence-corrected chi connectivity index (χ3v) is 3.36. The summed E-state index contributed by atoms with van der Waals surface area (Å²) < 4.78 is 5.41. The van der Waals surface area contributed by atoms with E-state index in [0.717, 1.165) is 13.1 Å². The van der Waals surface area contributed by atoms with Crippen molar-refractivity contribution >= 4 is 5.91 Å². The lowest BCUT2D eigenvalue weighted by Gasteiger charge is -2.39. The summed E-state index contributed by atoms with van der Waals surface area (Å²) in [5, 5.41) is 12.2. The molecule has 2 heterocycles. The molecule has 0 bridgehead atoms. The van der Waals surface area contributed by atoms with E-state index in [1.165, 1.54) is 0 Å². The van der Waals surface area contributed by atoms with Gasteiger partial charge in [0.25, 0.3) is 0 Å². The molecule has 2 fully saturated rings. The predicted molar refractivity (Wildman–Crippen MR) is 59.0 cm³/mol. The summed E-state index contributed by atoms with van der Waals surface area (Å²) in [6.45, 7) is 4.93. The van der Waals surface area contributed by atoms with Crippen LogP contribution in [0.3, 0.4) is 0 Å². The number of ether oxygens (including phenoxy) is 1. The largest absolute Gasteiger partial charge is 0.394 e. The number of rotatable bonds is 3. The van der Waals surface area contributed by atoms with E-state index < -0.39 is 0 Å². The topological polar surface area (TPSA) is 61.8 Å². The Hall–Kier alpha value is -0.650. The van der Waals surface area contributed by atoms with Crippen molar-refractivity contribution in [1.82, 2.24) is 10.2 Å². The highest BCUT2D eigenvalue weighted by molar-refractivity contribution is 5.77. The monoisotopic (exact) mass is 228 g/mol. The Balaban J connectivity index is 1.86. The third-order valence-electron chi connectivity index (χ3n) is 3.36. The van der Waals surface area contributed by atoms with Gasteiger partial charge in [-0.05, 0) is 25.9 Å². The quantitative estimate of drug-likeness (QED) is 0.664. The minimum absolute atomic E-state index is 0.0124. The van der Waals surface area contributed by atoms with Crippen molar-refractivity contribution < 1.29 is 14.6 Å². The zero-order valence-corrected chi connectivity index (χ0v) is 9.69. The minimum atomic E-state index is -0.209. The molecule has 0 saturated carbocycles. The van der Waals surface area contributed by atoms with Crippen LogP contribution in [0.4, 0.5) is 0 Å². The molecule has 5 nitrogen and oxygen atoms in total. The zero-order valence-electron chi connectivity index (χ0n) is 9.69. The van der Waals surface area contributed by atoms with E-state index in [1.54, 1.807) is 0 Å². The van der Waals surface area contributed by atoms with Crippen LogP contribution in [0.5, 0.6) is 0 Å². The summed E-state index contributed by atoms with van der Waals surface area (Å²) in [7, 11) is 0. The summed E-state index contributed by atoms with van der Waals surface area (Å²) in [6.07, 6.45) is 0.412. The molecule has 0 aromatic carbocycles.